The minimum absolute atomic E-state index is 0.202. The van der Waals surface area contributed by atoms with Gasteiger partial charge in [-0.1, -0.05) is 0 Å². The maximum Gasteiger partial charge on any atom is 0.222 e. The molecule has 0 aliphatic carbocycles. The SMILES string of the molecule is COCCCC(=O)N1CCC(c2[nH]ncc2N)C1. The molecule has 3 N–H and O–H groups in total. The zero-order valence-electron chi connectivity index (χ0n) is 10.7. The van der Waals surface area contributed by atoms with Crippen LogP contribution in [0, 0.1) is 0 Å². The van der Waals surface area contributed by atoms with Crippen molar-refractivity contribution in [2.45, 2.75) is 25.2 Å². The molecule has 1 aromatic rings. The van der Waals surface area contributed by atoms with E-state index in [4.69, 9.17) is 10.5 Å². The number of nitrogens with two attached hydrogens (primary N) is 1. The molecule has 0 radical (unpaired) electrons. The maximum atomic E-state index is 11.9. The van der Waals surface area contributed by atoms with E-state index in [1.165, 1.54) is 0 Å². The fraction of sp³-hybridized carbons (Fsp3) is 0.667. The number of methoxy groups -OCH3 is 1. The van der Waals surface area contributed by atoms with Crippen LogP contribution in [0.25, 0.3) is 0 Å². The van der Waals surface area contributed by atoms with Gasteiger partial charge in [0.15, 0.2) is 0 Å². The van der Waals surface area contributed by atoms with E-state index < -0.39 is 0 Å². The number of amides is 1. The van der Waals surface area contributed by atoms with E-state index in [0.29, 0.717) is 24.6 Å². The third-order valence-electron chi connectivity index (χ3n) is 3.39. The summed E-state index contributed by atoms with van der Waals surface area (Å²) in [6.07, 6.45) is 3.91. The highest BCUT2D eigenvalue weighted by molar-refractivity contribution is 5.76. The van der Waals surface area contributed by atoms with Gasteiger partial charge in [-0.2, -0.15) is 5.10 Å². The van der Waals surface area contributed by atoms with E-state index in [1.807, 2.05) is 4.90 Å². The number of hydrogen-bond acceptors (Lipinski definition) is 4. The number of aromatic amines is 1. The van der Waals surface area contributed by atoms with Crippen molar-refractivity contribution in [3.8, 4) is 0 Å². The molecular formula is C12H20N4O2. The predicted octanol–water partition coefficient (Wildman–Crippen LogP) is 0.734. The summed E-state index contributed by atoms with van der Waals surface area (Å²) in [6, 6.07) is 0. The lowest BCUT2D eigenvalue weighted by Gasteiger charge is -2.16. The fourth-order valence-electron chi connectivity index (χ4n) is 2.38. The number of aromatic nitrogens is 2. The second-order valence-electron chi connectivity index (χ2n) is 4.66. The number of carbonyl (C=O) groups excluding carboxylic acids is 1. The molecule has 1 aliphatic heterocycles. The van der Waals surface area contributed by atoms with Crippen LogP contribution in [0.2, 0.25) is 0 Å². The Labute approximate surface area is 106 Å². The zero-order valence-corrected chi connectivity index (χ0v) is 10.7. The Morgan fingerprint density at radius 1 is 1.72 bits per heavy atom. The van der Waals surface area contributed by atoms with Gasteiger partial charge in [0.25, 0.3) is 0 Å². The van der Waals surface area contributed by atoms with Crippen molar-refractivity contribution in [2.24, 2.45) is 0 Å². The van der Waals surface area contributed by atoms with Crippen molar-refractivity contribution in [3.05, 3.63) is 11.9 Å². The first-order valence-electron chi connectivity index (χ1n) is 6.27. The molecule has 1 fully saturated rings. The van der Waals surface area contributed by atoms with Gasteiger partial charge in [0.2, 0.25) is 5.91 Å². The molecule has 2 heterocycles. The first kappa shape index (κ1) is 12.9. The van der Waals surface area contributed by atoms with Crippen molar-refractivity contribution in [3.63, 3.8) is 0 Å². The number of anilines is 1. The first-order valence-corrected chi connectivity index (χ1v) is 6.27. The number of carbonyl (C=O) groups is 1. The standard InChI is InChI=1S/C12H20N4O2/c1-18-6-2-3-11(17)16-5-4-9(8-16)12-10(13)7-14-15-12/h7,9H,2-6,8,13H2,1H3,(H,14,15). The Hall–Kier alpha value is -1.56. The van der Waals surface area contributed by atoms with Gasteiger partial charge in [0, 0.05) is 39.1 Å². The molecule has 1 saturated heterocycles. The van der Waals surface area contributed by atoms with Crippen LogP contribution in [0.3, 0.4) is 0 Å². The van der Waals surface area contributed by atoms with Gasteiger partial charge in [0.1, 0.15) is 0 Å². The van der Waals surface area contributed by atoms with Gasteiger partial charge in [-0.3, -0.25) is 9.89 Å². The van der Waals surface area contributed by atoms with Crippen LogP contribution >= 0.6 is 0 Å². The molecule has 0 saturated carbocycles. The lowest BCUT2D eigenvalue weighted by molar-refractivity contribution is -0.130. The Morgan fingerprint density at radius 3 is 3.22 bits per heavy atom. The van der Waals surface area contributed by atoms with Gasteiger partial charge < -0.3 is 15.4 Å². The number of nitrogens with zero attached hydrogens (tertiary/aromatic N) is 2. The maximum absolute atomic E-state index is 11.9. The topological polar surface area (TPSA) is 84.2 Å². The highest BCUT2D eigenvalue weighted by Gasteiger charge is 2.28. The smallest absolute Gasteiger partial charge is 0.222 e. The molecule has 18 heavy (non-hydrogen) atoms. The fourth-order valence-corrected chi connectivity index (χ4v) is 2.38. The van der Waals surface area contributed by atoms with Crippen LogP contribution in [0.5, 0.6) is 0 Å². The summed E-state index contributed by atoms with van der Waals surface area (Å²) >= 11 is 0. The summed E-state index contributed by atoms with van der Waals surface area (Å²) in [7, 11) is 1.65. The Balaban J connectivity index is 1.85. The second-order valence-corrected chi connectivity index (χ2v) is 4.66. The molecule has 6 nitrogen and oxygen atoms in total. The van der Waals surface area contributed by atoms with E-state index in [9.17, 15) is 4.79 Å². The van der Waals surface area contributed by atoms with Gasteiger partial charge in [0.05, 0.1) is 17.6 Å². The minimum Gasteiger partial charge on any atom is -0.396 e. The number of nitrogens with one attached hydrogen (secondary N) is 1. The summed E-state index contributed by atoms with van der Waals surface area (Å²) in [6.45, 7) is 2.17. The third-order valence-corrected chi connectivity index (χ3v) is 3.39. The van der Waals surface area contributed by atoms with Crippen LogP contribution < -0.4 is 5.73 Å². The molecular weight excluding hydrogens is 232 g/mol. The Bertz CT molecular complexity index is 405. The van der Waals surface area contributed by atoms with E-state index in [2.05, 4.69) is 10.2 Å². The highest BCUT2D eigenvalue weighted by Crippen LogP contribution is 2.29. The molecule has 1 unspecified atom stereocenters. The average Bonchev–Trinajstić information content (AvgIpc) is 2.97. The van der Waals surface area contributed by atoms with E-state index in [-0.39, 0.29) is 5.91 Å². The van der Waals surface area contributed by atoms with Crippen LogP contribution in [0.4, 0.5) is 5.69 Å². The summed E-state index contributed by atoms with van der Waals surface area (Å²) < 4.78 is 4.95. The van der Waals surface area contributed by atoms with Crippen molar-refractivity contribution in [1.82, 2.24) is 15.1 Å². The molecule has 1 atom stereocenters. The number of H-pyrrole nitrogens is 1. The minimum atomic E-state index is 0.202. The first-order chi connectivity index (χ1) is 8.72. The van der Waals surface area contributed by atoms with Gasteiger partial charge in [-0.25, -0.2) is 0 Å². The van der Waals surface area contributed by atoms with Gasteiger partial charge in [-0.15, -0.1) is 0 Å². The molecule has 1 amide bonds. The molecule has 0 bridgehead atoms. The van der Waals surface area contributed by atoms with Crippen LogP contribution in [0.15, 0.2) is 6.20 Å². The van der Waals surface area contributed by atoms with Crippen molar-refractivity contribution in [2.75, 3.05) is 32.5 Å². The predicted molar refractivity (Wildman–Crippen MR) is 68.0 cm³/mol. The average molecular weight is 252 g/mol. The van der Waals surface area contributed by atoms with Crippen LogP contribution in [-0.4, -0.2) is 47.8 Å². The molecule has 1 aromatic heterocycles. The van der Waals surface area contributed by atoms with Crippen LogP contribution in [0.1, 0.15) is 30.9 Å². The molecule has 2 rings (SSSR count). The normalized spacial score (nSPS) is 19.4. The van der Waals surface area contributed by atoms with E-state index >= 15 is 0 Å². The van der Waals surface area contributed by atoms with Crippen molar-refractivity contribution >= 4 is 11.6 Å². The van der Waals surface area contributed by atoms with E-state index in [0.717, 1.165) is 31.6 Å². The number of rotatable bonds is 5. The Morgan fingerprint density at radius 2 is 2.56 bits per heavy atom. The largest absolute Gasteiger partial charge is 0.396 e. The molecule has 0 aromatic carbocycles. The quantitative estimate of drug-likeness (QED) is 0.757. The number of nitrogen functional groups attached to an aromatic ring is 1. The van der Waals surface area contributed by atoms with Crippen molar-refractivity contribution in [1.29, 1.82) is 0 Å². The Kier molecular flexibility index (Phi) is 4.19. The number of hydrogen-bond donors (Lipinski definition) is 2. The highest BCUT2D eigenvalue weighted by atomic mass is 16.5. The van der Waals surface area contributed by atoms with Gasteiger partial charge in [-0.05, 0) is 12.8 Å². The molecule has 0 spiro atoms. The summed E-state index contributed by atoms with van der Waals surface area (Å²) in [5.74, 6) is 0.492. The number of ether oxygens (including phenoxy) is 1. The van der Waals surface area contributed by atoms with Crippen molar-refractivity contribution < 1.29 is 9.53 Å². The third kappa shape index (κ3) is 2.81. The lowest BCUT2D eigenvalue weighted by atomic mass is 10.0. The number of likely N-dealkylation sites (tertiary alicyclic amines) is 1. The van der Waals surface area contributed by atoms with E-state index in [1.54, 1.807) is 13.3 Å². The second kappa shape index (κ2) is 5.86. The summed E-state index contributed by atoms with van der Waals surface area (Å²) in [5.41, 5.74) is 7.48. The zero-order chi connectivity index (χ0) is 13.0. The van der Waals surface area contributed by atoms with Crippen LogP contribution in [-0.2, 0) is 9.53 Å². The monoisotopic (exact) mass is 252 g/mol. The molecule has 6 heteroatoms. The summed E-state index contributed by atoms with van der Waals surface area (Å²) in [4.78, 5) is 13.8. The molecule has 1 aliphatic rings. The lowest BCUT2D eigenvalue weighted by Crippen LogP contribution is -2.28. The van der Waals surface area contributed by atoms with Gasteiger partial charge >= 0.3 is 0 Å². The molecule has 100 valence electrons. The summed E-state index contributed by atoms with van der Waals surface area (Å²) in [5, 5.41) is 6.85.